The van der Waals surface area contributed by atoms with Gasteiger partial charge in [0.25, 0.3) is 5.91 Å². The van der Waals surface area contributed by atoms with E-state index in [1.807, 2.05) is 19.1 Å². The van der Waals surface area contributed by atoms with E-state index in [1.165, 1.54) is 0 Å². The van der Waals surface area contributed by atoms with Gasteiger partial charge in [-0.3, -0.25) is 4.79 Å². The van der Waals surface area contributed by atoms with E-state index >= 15 is 0 Å². The monoisotopic (exact) mass is 251 g/mol. The third-order valence-electron chi connectivity index (χ3n) is 2.43. The van der Waals surface area contributed by atoms with Crippen LogP contribution in [-0.4, -0.2) is 29.6 Å². The Labute approximate surface area is 106 Å². The second kappa shape index (κ2) is 6.64. The third kappa shape index (κ3) is 4.45. The molecule has 0 heterocycles. The van der Waals surface area contributed by atoms with Gasteiger partial charge < -0.3 is 15.2 Å². The molecular weight excluding hydrogens is 234 g/mol. The summed E-state index contributed by atoms with van der Waals surface area (Å²) in [6.45, 7) is 3.46. The molecular formula is C13H17NO4. The summed E-state index contributed by atoms with van der Waals surface area (Å²) >= 11 is 0. The normalized spacial score (nSPS) is 11.7. The molecule has 18 heavy (non-hydrogen) atoms. The van der Waals surface area contributed by atoms with E-state index in [9.17, 15) is 9.59 Å². The van der Waals surface area contributed by atoms with Crippen molar-refractivity contribution in [2.24, 2.45) is 0 Å². The number of hydrogen-bond acceptors (Lipinski definition) is 3. The number of amides is 1. The summed E-state index contributed by atoms with van der Waals surface area (Å²) < 4.78 is 5.24. The zero-order valence-electron chi connectivity index (χ0n) is 10.5. The number of aliphatic carboxylic acids is 1. The first kappa shape index (κ1) is 14.0. The summed E-state index contributed by atoms with van der Waals surface area (Å²) in [4.78, 5) is 22.2. The van der Waals surface area contributed by atoms with Crippen LogP contribution < -0.4 is 10.1 Å². The van der Waals surface area contributed by atoms with Gasteiger partial charge in [0.05, 0.1) is 0 Å². The molecule has 5 nitrogen and oxygen atoms in total. The van der Waals surface area contributed by atoms with E-state index in [-0.39, 0.29) is 6.61 Å². The number of rotatable bonds is 6. The second-order valence-electron chi connectivity index (χ2n) is 3.97. The highest BCUT2D eigenvalue weighted by Gasteiger charge is 2.17. The minimum atomic E-state index is -1.04. The van der Waals surface area contributed by atoms with Crippen molar-refractivity contribution in [1.29, 1.82) is 0 Å². The first-order valence-corrected chi connectivity index (χ1v) is 5.74. The molecule has 2 N–H and O–H groups in total. The van der Waals surface area contributed by atoms with Gasteiger partial charge in [-0.2, -0.15) is 0 Å². The highest BCUT2D eigenvalue weighted by molar-refractivity contribution is 5.84. The summed E-state index contributed by atoms with van der Waals surface area (Å²) in [6, 6.07) is 6.41. The van der Waals surface area contributed by atoms with Gasteiger partial charge in [0.2, 0.25) is 0 Å². The summed E-state index contributed by atoms with van der Waals surface area (Å²) in [5.41, 5.74) is 1.10. The average Bonchev–Trinajstić information content (AvgIpc) is 2.35. The molecule has 0 saturated carbocycles. The lowest BCUT2D eigenvalue weighted by atomic mass is 10.2. The molecule has 0 unspecified atom stereocenters. The molecule has 5 heteroatoms. The minimum Gasteiger partial charge on any atom is -0.484 e. The predicted octanol–water partition coefficient (Wildman–Crippen LogP) is 1.35. The van der Waals surface area contributed by atoms with Crippen molar-refractivity contribution in [2.75, 3.05) is 6.61 Å². The van der Waals surface area contributed by atoms with Crippen LogP contribution in [0, 0.1) is 6.92 Å². The molecule has 0 fully saturated rings. The Morgan fingerprint density at radius 2 is 1.94 bits per heavy atom. The van der Waals surface area contributed by atoms with Crippen molar-refractivity contribution in [3.63, 3.8) is 0 Å². The Morgan fingerprint density at radius 1 is 1.33 bits per heavy atom. The number of benzene rings is 1. The zero-order chi connectivity index (χ0) is 13.5. The lowest BCUT2D eigenvalue weighted by Crippen LogP contribution is -2.42. The van der Waals surface area contributed by atoms with Gasteiger partial charge in [0, 0.05) is 0 Å². The molecule has 0 aliphatic heterocycles. The van der Waals surface area contributed by atoms with Gasteiger partial charge in [-0.1, -0.05) is 24.6 Å². The van der Waals surface area contributed by atoms with Gasteiger partial charge in [-0.05, 0) is 25.5 Å². The lowest BCUT2D eigenvalue weighted by Gasteiger charge is -2.12. The standard InChI is InChI=1S/C13H17NO4/c1-3-11(13(16)17)14-12(15)8-18-10-6-4-9(2)5-7-10/h4-7,11H,3,8H2,1-2H3,(H,14,15)(H,16,17)/t11-/m0/s1. The maximum atomic E-state index is 11.5. The van der Waals surface area contributed by atoms with Crippen LogP contribution in [-0.2, 0) is 9.59 Å². The van der Waals surface area contributed by atoms with E-state index in [2.05, 4.69) is 5.32 Å². The Bertz CT molecular complexity index is 414. The van der Waals surface area contributed by atoms with Crippen LogP contribution in [0.25, 0.3) is 0 Å². The molecule has 1 amide bonds. The largest absolute Gasteiger partial charge is 0.484 e. The number of carbonyl (C=O) groups excluding carboxylic acids is 1. The zero-order valence-corrected chi connectivity index (χ0v) is 10.5. The second-order valence-corrected chi connectivity index (χ2v) is 3.97. The molecule has 1 atom stereocenters. The van der Waals surface area contributed by atoms with Crippen LogP contribution in [0.15, 0.2) is 24.3 Å². The molecule has 0 aliphatic carbocycles. The smallest absolute Gasteiger partial charge is 0.326 e. The van der Waals surface area contributed by atoms with Crippen molar-refractivity contribution in [3.8, 4) is 5.75 Å². The molecule has 0 radical (unpaired) electrons. The number of ether oxygens (including phenoxy) is 1. The summed E-state index contributed by atoms with van der Waals surface area (Å²) in [6.07, 6.45) is 0.339. The molecule has 1 aromatic carbocycles. The van der Waals surface area contributed by atoms with Crippen LogP contribution in [0.5, 0.6) is 5.75 Å². The fourth-order valence-corrected chi connectivity index (χ4v) is 1.36. The number of carboxylic acid groups (broad SMARTS) is 1. The number of nitrogens with one attached hydrogen (secondary N) is 1. The van der Waals surface area contributed by atoms with E-state index in [0.717, 1.165) is 5.56 Å². The maximum Gasteiger partial charge on any atom is 0.326 e. The number of carbonyl (C=O) groups is 2. The van der Waals surface area contributed by atoms with Gasteiger partial charge in [0.1, 0.15) is 11.8 Å². The van der Waals surface area contributed by atoms with E-state index in [0.29, 0.717) is 12.2 Å². The average molecular weight is 251 g/mol. The van der Waals surface area contributed by atoms with Gasteiger partial charge in [0.15, 0.2) is 6.61 Å². The number of carboxylic acids is 1. The Kier molecular flexibility index (Phi) is 5.17. The fraction of sp³-hybridized carbons (Fsp3) is 0.385. The fourth-order valence-electron chi connectivity index (χ4n) is 1.36. The van der Waals surface area contributed by atoms with Gasteiger partial charge in [-0.25, -0.2) is 4.79 Å². The SMILES string of the molecule is CC[C@H](NC(=O)COc1ccc(C)cc1)C(=O)O. The highest BCUT2D eigenvalue weighted by atomic mass is 16.5. The van der Waals surface area contributed by atoms with Crippen molar-refractivity contribution in [2.45, 2.75) is 26.3 Å². The van der Waals surface area contributed by atoms with Gasteiger partial charge in [-0.15, -0.1) is 0 Å². The molecule has 1 aromatic rings. The number of aryl methyl sites for hydroxylation is 1. The Morgan fingerprint density at radius 3 is 2.44 bits per heavy atom. The molecule has 1 rings (SSSR count). The quantitative estimate of drug-likeness (QED) is 0.800. The minimum absolute atomic E-state index is 0.188. The maximum absolute atomic E-state index is 11.5. The molecule has 0 bridgehead atoms. The molecule has 0 aliphatic rings. The topological polar surface area (TPSA) is 75.6 Å². The van der Waals surface area contributed by atoms with Crippen molar-refractivity contribution in [1.82, 2.24) is 5.32 Å². The van der Waals surface area contributed by atoms with E-state index in [4.69, 9.17) is 9.84 Å². The van der Waals surface area contributed by atoms with Crippen molar-refractivity contribution >= 4 is 11.9 Å². The molecule has 98 valence electrons. The molecule has 0 spiro atoms. The van der Waals surface area contributed by atoms with Crippen LogP contribution in [0.2, 0.25) is 0 Å². The van der Waals surface area contributed by atoms with Crippen molar-refractivity contribution in [3.05, 3.63) is 29.8 Å². The van der Waals surface area contributed by atoms with E-state index < -0.39 is 17.9 Å². The van der Waals surface area contributed by atoms with Crippen LogP contribution >= 0.6 is 0 Å². The molecule has 0 aromatic heterocycles. The first-order valence-electron chi connectivity index (χ1n) is 5.74. The number of hydrogen-bond donors (Lipinski definition) is 2. The Hall–Kier alpha value is -2.04. The highest BCUT2D eigenvalue weighted by Crippen LogP contribution is 2.10. The first-order chi connectivity index (χ1) is 8.52. The summed E-state index contributed by atoms with van der Waals surface area (Å²) in [5, 5.41) is 11.2. The van der Waals surface area contributed by atoms with E-state index in [1.54, 1.807) is 19.1 Å². The Balaban J connectivity index is 2.41. The third-order valence-corrected chi connectivity index (χ3v) is 2.43. The van der Waals surface area contributed by atoms with Crippen molar-refractivity contribution < 1.29 is 19.4 Å². The summed E-state index contributed by atoms with van der Waals surface area (Å²) in [5.74, 6) is -0.898. The van der Waals surface area contributed by atoms with Gasteiger partial charge >= 0.3 is 5.97 Å². The van der Waals surface area contributed by atoms with Crippen LogP contribution in [0.4, 0.5) is 0 Å². The van der Waals surface area contributed by atoms with Crippen LogP contribution in [0.3, 0.4) is 0 Å². The van der Waals surface area contributed by atoms with Crippen LogP contribution in [0.1, 0.15) is 18.9 Å². The predicted molar refractivity (Wildman–Crippen MR) is 66.5 cm³/mol. The lowest BCUT2D eigenvalue weighted by molar-refractivity contribution is -0.142. The summed E-state index contributed by atoms with van der Waals surface area (Å²) in [7, 11) is 0. The molecule has 0 saturated heterocycles.